The molecule has 1 N–H and O–H groups in total. The summed E-state index contributed by atoms with van der Waals surface area (Å²) in [5.74, 6) is 0.230. The highest BCUT2D eigenvalue weighted by Crippen LogP contribution is 2.30. The molecule has 4 rings (SSSR count). The van der Waals surface area contributed by atoms with Crippen LogP contribution in [0.15, 0.2) is 22.8 Å². The maximum atomic E-state index is 12.9. The summed E-state index contributed by atoms with van der Waals surface area (Å²) in [5.41, 5.74) is 4.82. The number of rotatable bonds is 5. The highest BCUT2D eigenvalue weighted by atomic mass is 16.3. The van der Waals surface area contributed by atoms with Crippen molar-refractivity contribution in [2.24, 2.45) is 0 Å². The molecule has 1 unspecified atom stereocenters. The first-order chi connectivity index (χ1) is 11.8. The van der Waals surface area contributed by atoms with E-state index in [1.807, 2.05) is 0 Å². The van der Waals surface area contributed by atoms with Gasteiger partial charge in [0.15, 0.2) is 0 Å². The minimum atomic E-state index is 0.230. The first kappa shape index (κ1) is 15.7. The second kappa shape index (κ2) is 6.60. The zero-order chi connectivity index (χ0) is 16.5. The molecule has 2 heterocycles. The first-order valence-electron chi connectivity index (χ1n) is 9.28. The number of carbonyl (C=O) groups is 1. The summed E-state index contributed by atoms with van der Waals surface area (Å²) in [4.78, 5) is 15.0. The summed E-state index contributed by atoms with van der Waals surface area (Å²) >= 11 is 0. The maximum absolute atomic E-state index is 12.9. The Morgan fingerprint density at radius 2 is 2.17 bits per heavy atom. The zero-order valence-electron chi connectivity index (χ0n) is 14.4. The summed E-state index contributed by atoms with van der Waals surface area (Å²) in [5, 5.41) is 4.50. The minimum absolute atomic E-state index is 0.230. The van der Waals surface area contributed by atoms with Crippen molar-refractivity contribution in [2.75, 3.05) is 19.6 Å². The van der Waals surface area contributed by atoms with Gasteiger partial charge in [-0.1, -0.05) is 6.92 Å². The number of hydrogen-bond acceptors (Lipinski definition) is 3. The predicted molar refractivity (Wildman–Crippen MR) is 95.2 cm³/mol. The number of hydrogen-bond donors (Lipinski definition) is 1. The van der Waals surface area contributed by atoms with E-state index in [4.69, 9.17) is 4.42 Å². The van der Waals surface area contributed by atoms with Crippen molar-refractivity contribution in [3.8, 4) is 0 Å². The molecule has 0 spiro atoms. The minimum Gasteiger partial charge on any atom is -0.464 e. The van der Waals surface area contributed by atoms with Gasteiger partial charge in [-0.15, -0.1) is 0 Å². The Morgan fingerprint density at radius 3 is 2.92 bits per heavy atom. The molecule has 1 aliphatic heterocycles. The van der Waals surface area contributed by atoms with Crippen molar-refractivity contribution in [1.29, 1.82) is 0 Å². The van der Waals surface area contributed by atoms with Gasteiger partial charge in [0, 0.05) is 30.1 Å². The molecule has 0 saturated carbocycles. The van der Waals surface area contributed by atoms with E-state index in [0.29, 0.717) is 12.5 Å². The smallest absolute Gasteiger partial charge is 0.227 e. The molecular formula is C20H26N2O2. The Balaban J connectivity index is 1.57. The van der Waals surface area contributed by atoms with Gasteiger partial charge >= 0.3 is 0 Å². The predicted octanol–water partition coefficient (Wildman–Crippen LogP) is 3.06. The Kier molecular flexibility index (Phi) is 4.31. The fraction of sp³-hybridized carbons (Fsp3) is 0.550. The number of amides is 1. The van der Waals surface area contributed by atoms with E-state index in [1.165, 1.54) is 17.5 Å². The van der Waals surface area contributed by atoms with Gasteiger partial charge in [0.2, 0.25) is 5.91 Å². The third-order valence-electron chi connectivity index (χ3n) is 5.47. The average Bonchev–Trinajstić information content (AvgIpc) is 3.31. The van der Waals surface area contributed by atoms with Gasteiger partial charge in [-0.05, 0) is 61.9 Å². The van der Waals surface area contributed by atoms with E-state index in [1.54, 1.807) is 6.26 Å². The van der Waals surface area contributed by atoms with Crippen molar-refractivity contribution in [1.82, 2.24) is 10.2 Å². The van der Waals surface area contributed by atoms with Gasteiger partial charge in [0.25, 0.3) is 0 Å². The van der Waals surface area contributed by atoms with E-state index in [2.05, 4.69) is 29.3 Å². The highest BCUT2D eigenvalue weighted by Gasteiger charge is 2.26. The van der Waals surface area contributed by atoms with Crippen molar-refractivity contribution in [3.05, 3.63) is 35.1 Å². The molecule has 1 aliphatic carbocycles. The van der Waals surface area contributed by atoms with E-state index < -0.39 is 0 Å². The Labute approximate surface area is 143 Å². The average molecular weight is 326 g/mol. The van der Waals surface area contributed by atoms with Crippen LogP contribution in [0.5, 0.6) is 0 Å². The molecule has 1 aromatic heterocycles. The summed E-state index contributed by atoms with van der Waals surface area (Å²) in [6.07, 6.45) is 7.83. The third-order valence-corrected chi connectivity index (χ3v) is 5.47. The monoisotopic (exact) mass is 326 g/mol. The van der Waals surface area contributed by atoms with Crippen LogP contribution < -0.4 is 5.32 Å². The summed E-state index contributed by atoms with van der Waals surface area (Å²) in [7, 11) is 0. The van der Waals surface area contributed by atoms with E-state index in [-0.39, 0.29) is 5.91 Å². The lowest BCUT2D eigenvalue weighted by atomic mass is 10.0. The van der Waals surface area contributed by atoms with Crippen LogP contribution in [-0.4, -0.2) is 36.5 Å². The molecule has 1 saturated heterocycles. The largest absolute Gasteiger partial charge is 0.464 e. The summed E-state index contributed by atoms with van der Waals surface area (Å²) in [6.45, 7) is 4.92. The molecule has 4 nitrogen and oxygen atoms in total. The van der Waals surface area contributed by atoms with Gasteiger partial charge in [0.05, 0.1) is 12.7 Å². The van der Waals surface area contributed by atoms with Crippen LogP contribution in [0.1, 0.15) is 42.9 Å². The maximum Gasteiger partial charge on any atom is 0.227 e. The highest BCUT2D eigenvalue weighted by molar-refractivity contribution is 5.88. The molecule has 2 aromatic rings. The van der Waals surface area contributed by atoms with Crippen LogP contribution in [0, 0.1) is 0 Å². The van der Waals surface area contributed by atoms with Gasteiger partial charge in [-0.25, -0.2) is 0 Å². The van der Waals surface area contributed by atoms with E-state index in [9.17, 15) is 4.79 Å². The van der Waals surface area contributed by atoms with Crippen molar-refractivity contribution in [3.63, 3.8) is 0 Å². The second-order valence-electron chi connectivity index (χ2n) is 7.14. The van der Waals surface area contributed by atoms with Crippen molar-refractivity contribution in [2.45, 2.75) is 51.5 Å². The van der Waals surface area contributed by atoms with Crippen LogP contribution in [0.4, 0.5) is 0 Å². The van der Waals surface area contributed by atoms with Crippen LogP contribution >= 0.6 is 0 Å². The number of nitrogens with one attached hydrogen (secondary N) is 1. The van der Waals surface area contributed by atoms with Crippen LogP contribution in [0.25, 0.3) is 11.0 Å². The lowest BCUT2D eigenvalue weighted by Crippen LogP contribution is -2.42. The molecule has 1 amide bonds. The normalized spacial score (nSPS) is 19.8. The fourth-order valence-electron chi connectivity index (χ4n) is 4.21. The van der Waals surface area contributed by atoms with Gasteiger partial charge < -0.3 is 14.6 Å². The molecule has 4 heteroatoms. The number of furan rings is 1. The lowest BCUT2D eigenvalue weighted by Gasteiger charge is -2.28. The second-order valence-corrected chi connectivity index (χ2v) is 7.14. The topological polar surface area (TPSA) is 45.5 Å². The van der Waals surface area contributed by atoms with Crippen molar-refractivity contribution >= 4 is 16.9 Å². The molecular weight excluding hydrogens is 300 g/mol. The van der Waals surface area contributed by atoms with Crippen LogP contribution in [-0.2, 0) is 24.1 Å². The van der Waals surface area contributed by atoms with Crippen molar-refractivity contribution < 1.29 is 9.21 Å². The molecule has 24 heavy (non-hydrogen) atoms. The third kappa shape index (κ3) is 2.84. The SMILES string of the molecule is CCCN(C(=O)Cc1coc2cc3c(cc12)CCC3)C1CCNC1. The van der Waals surface area contributed by atoms with Gasteiger partial charge in [-0.2, -0.15) is 0 Å². The fourth-order valence-corrected chi connectivity index (χ4v) is 4.21. The first-order valence-corrected chi connectivity index (χ1v) is 9.28. The molecule has 1 fully saturated rings. The summed E-state index contributed by atoms with van der Waals surface area (Å²) < 4.78 is 5.76. The molecule has 1 aromatic carbocycles. The quantitative estimate of drug-likeness (QED) is 0.918. The van der Waals surface area contributed by atoms with E-state index >= 15 is 0 Å². The Morgan fingerprint density at radius 1 is 1.33 bits per heavy atom. The zero-order valence-corrected chi connectivity index (χ0v) is 14.4. The number of aryl methyl sites for hydroxylation is 2. The summed E-state index contributed by atoms with van der Waals surface area (Å²) in [6, 6.07) is 4.78. The molecule has 0 radical (unpaired) electrons. The number of carbonyl (C=O) groups excluding carboxylic acids is 1. The van der Waals surface area contributed by atoms with Gasteiger partial charge in [-0.3, -0.25) is 4.79 Å². The Bertz CT molecular complexity index is 743. The lowest BCUT2D eigenvalue weighted by molar-refractivity contribution is -0.132. The Hall–Kier alpha value is -1.81. The number of nitrogens with zero attached hydrogens (tertiary/aromatic N) is 1. The van der Waals surface area contributed by atoms with Crippen LogP contribution in [0.3, 0.4) is 0 Å². The number of fused-ring (bicyclic) bond motifs is 2. The molecule has 2 aliphatic rings. The molecule has 128 valence electrons. The standard InChI is InChI=1S/C20H26N2O2/c1-2-8-22(17-6-7-21-12-17)20(23)11-16-13-24-19-10-15-5-3-4-14(15)9-18(16)19/h9-10,13,17,21H,2-8,11-12H2,1H3. The van der Waals surface area contributed by atoms with Gasteiger partial charge in [0.1, 0.15) is 5.58 Å². The van der Waals surface area contributed by atoms with Crippen LogP contribution in [0.2, 0.25) is 0 Å². The molecule has 0 bridgehead atoms. The number of benzene rings is 1. The van der Waals surface area contributed by atoms with E-state index in [0.717, 1.165) is 61.9 Å². The molecule has 1 atom stereocenters.